The fraction of sp³-hybridized carbons (Fsp3) is 0.118. The fourth-order valence-corrected chi connectivity index (χ4v) is 3.27. The molecule has 0 aromatic heterocycles. The molecule has 3 rings (SSSR count). The number of nitriles is 1. The molecular weight excluding hydrogens is 280 g/mol. The van der Waals surface area contributed by atoms with E-state index in [9.17, 15) is 4.79 Å². The van der Waals surface area contributed by atoms with Gasteiger partial charge < -0.3 is 0 Å². The van der Waals surface area contributed by atoms with E-state index in [1.807, 2.05) is 42.5 Å². The molecule has 0 radical (unpaired) electrons. The van der Waals surface area contributed by atoms with Crippen LogP contribution in [0.4, 0.5) is 0 Å². The number of hydrogen-bond donors (Lipinski definition) is 0. The highest BCUT2D eigenvalue weighted by Crippen LogP contribution is 2.29. The van der Waals surface area contributed by atoms with Crippen LogP contribution in [0.25, 0.3) is 0 Å². The number of rotatable bonds is 3. The maximum absolute atomic E-state index is 12.0. The molecule has 0 spiro atoms. The number of thioether (sulfide) groups is 1. The van der Waals surface area contributed by atoms with Gasteiger partial charge in [-0.15, -0.1) is 0 Å². The Kier molecular flexibility index (Phi) is 3.85. The molecular formula is C17H12N2OS. The number of carbonyl (C=O) groups excluding carboxylic acids is 1. The summed E-state index contributed by atoms with van der Waals surface area (Å²) in [7, 11) is 0. The monoisotopic (exact) mass is 292 g/mol. The highest BCUT2D eigenvalue weighted by molar-refractivity contribution is 8.16. The van der Waals surface area contributed by atoms with Gasteiger partial charge in [0.1, 0.15) is 5.04 Å². The molecule has 21 heavy (non-hydrogen) atoms. The molecule has 3 nitrogen and oxygen atoms in total. The van der Waals surface area contributed by atoms with Gasteiger partial charge in [0.15, 0.2) is 0 Å². The fourth-order valence-electron chi connectivity index (χ4n) is 2.16. The first-order valence-electron chi connectivity index (χ1n) is 6.60. The Labute approximate surface area is 127 Å². The van der Waals surface area contributed by atoms with Crippen LogP contribution in [0.3, 0.4) is 0 Å². The molecule has 1 amide bonds. The van der Waals surface area contributed by atoms with Crippen LogP contribution in [0.5, 0.6) is 0 Å². The highest BCUT2D eigenvalue weighted by atomic mass is 32.2. The largest absolute Gasteiger partial charge is 0.271 e. The van der Waals surface area contributed by atoms with Gasteiger partial charge in [0.2, 0.25) is 0 Å². The molecule has 1 aliphatic rings. The topological polar surface area (TPSA) is 53.2 Å². The van der Waals surface area contributed by atoms with Gasteiger partial charge in [-0.1, -0.05) is 54.2 Å². The minimum Gasteiger partial charge on any atom is -0.271 e. The third kappa shape index (κ3) is 3.04. The van der Waals surface area contributed by atoms with Crippen LogP contribution >= 0.6 is 11.8 Å². The van der Waals surface area contributed by atoms with Crippen LogP contribution in [-0.2, 0) is 11.2 Å². The highest BCUT2D eigenvalue weighted by Gasteiger charge is 2.28. The molecule has 0 fully saturated rings. The molecule has 0 saturated carbocycles. The van der Waals surface area contributed by atoms with Gasteiger partial charge in [-0.05, 0) is 24.1 Å². The second kappa shape index (κ2) is 5.94. The van der Waals surface area contributed by atoms with E-state index in [1.165, 1.54) is 11.8 Å². The Morgan fingerprint density at radius 1 is 1.10 bits per heavy atom. The smallest absolute Gasteiger partial charge is 0.260 e. The first-order valence-corrected chi connectivity index (χ1v) is 7.48. The van der Waals surface area contributed by atoms with E-state index in [1.54, 1.807) is 12.1 Å². The van der Waals surface area contributed by atoms with Crippen LogP contribution in [0.1, 0.15) is 16.7 Å². The molecule has 1 heterocycles. The first-order chi connectivity index (χ1) is 10.3. The van der Waals surface area contributed by atoms with Crippen molar-refractivity contribution in [3.8, 4) is 6.07 Å². The number of amides is 1. The number of carbonyl (C=O) groups is 1. The molecule has 0 aliphatic carbocycles. The Morgan fingerprint density at radius 3 is 2.48 bits per heavy atom. The van der Waals surface area contributed by atoms with Gasteiger partial charge in [-0.25, -0.2) is 4.99 Å². The van der Waals surface area contributed by atoms with Crippen LogP contribution in [0.15, 0.2) is 59.6 Å². The summed E-state index contributed by atoms with van der Waals surface area (Å²) in [5, 5.41) is 9.41. The molecule has 0 N–H and O–H groups in total. The zero-order chi connectivity index (χ0) is 14.7. The number of hydrogen-bond acceptors (Lipinski definition) is 3. The third-order valence-electron chi connectivity index (χ3n) is 3.27. The second-order valence-electron chi connectivity index (χ2n) is 4.74. The lowest BCUT2D eigenvalue weighted by molar-refractivity contribution is -0.117. The van der Waals surface area contributed by atoms with E-state index in [2.05, 4.69) is 11.1 Å². The number of nitrogens with zero attached hydrogens (tertiary/aromatic N) is 2. The van der Waals surface area contributed by atoms with Gasteiger partial charge in [-0.2, -0.15) is 5.26 Å². The molecule has 0 saturated heterocycles. The van der Waals surface area contributed by atoms with Crippen molar-refractivity contribution in [1.82, 2.24) is 0 Å². The summed E-state index contributed by atoms with van der Waals surface area (Å²) in [6.45, 7) is 0. The summed E-state index contributed by atoms with van der Waals surface area (Å²) in [5.41, 5.74) is 2.66. The van der Waals surface area contributed by atoms with Gasteiger partial charge in [0, 0.05) is 5.56 Å². The predicted molar refractivity (Wildman–Crippen MR) is 84.2 cm³/mol. The van der Waals surface area contributed by atoms with Crippen molar-refractivity contribution < 1.29 is 4.79 Å². The third-order valence-corrected chi connectivity index (χ3v) is 4.47. The summed E-state index contributed by atoms with van der Waals surface area (Å²) in [5.74, 6) is -0.0804. The molecule has 1 unspecified atom stereocenters. The maximum atomic E-state index is 12.0. The van der Waals surface area contributed by atoms with Crippen LogP contribution in [0, 0.1) is 11.3 Å². The van der Waals surface area contributed by atoms with Crippen molar-refractivity contribution in [2.45, 2.75) is 11.7 Å². The Morgan fingerprint density at radius 2 is 1.81 bits per heavy atom. The van der Waals surface area contributed by atoms with E-state index in [4.69, 9.17) is 5.26 Å². The lowest BCUT2D eigenvalue weighted by Gasteiger charge is -2.07. The van der Waals surface area contributed by atoms with E-state index in [0.29, 0.717) is 12.0 Å². The lowest BCUT2D eigenvalue weighted by atomic mass is 10.1. The minimum absolute atomic E-state index is 0.0804. The van der Waals surface area contributed by atoms with Crippen molar-refractivity contribution in [3.63, 3.8) is 0 Å². The van der Waals surface area contributed by atoms with Crippen molar-refractivity contribution >= 4 is 22.7 Å². The second-order valence-corrected chi connectivity index (χ2v) is 5.93. The maximum Gasteiger partial charge on any atom is 0.260 e. The van der Waals surface area contributed by atoms with E-state index in [-0.39, 0.29) is 11.2 Å². The van der Waals surface area contributed by atoms with Crippen LogP contribution in [0.2, 0.25) is 0 Å². The van der Waals surface area contributed by atoms with Crippen LogP contribution < -0.4 is 0 Å². The van der Waals surface area contributed by atoms with Gasteiger partial charge in [-0.3, -0.25) is 4.79 Å². The average Bonchev–Trinajstić information content (AvgIpc) is 2.90. The Balaban J connectivity index is 1.72. The summed E-state index contributed by atoms with van der Waals surface area (Å²) < 4.78 is 0. The normalized spacial score (nSPS) is 17.4. The molecule has 1 atom stereocenters. The Hall–Kier alpha value is -2.38. The van der Waals surface area contributed by atoms with Crippen molar-refractivity contribution in [3.05, 3.63) is 71.3 Å². The zero-order valence-corrected chi connectivity index (χ0v) is 12.0. The van der Waals surface area contributed by atoms with Gasteiger partial charge in [0.05, 0.1) is 16.9 Å². The zero-order valence-electron chi connectivity index (χ0n) is 11.2. The molecule has 4 heteroatoms. The summed E-state index contributed by atoms with van der Waals surface area (Å²) in [6.07, 6.45) is 0.634. The average molecular weight is 292 g/mol. The van der Waals surface area contributed by atoms with Crippen molar-refractivity contribution in [2.75, 3.05) is 0 Å². The number of aliphatic imine (C=N–C) groups is 1. The molecule has 0 bridgehead atoms. The van der Waals surface area contributed by atoms with E-state index in [0.717, 1.165) is 16.2 Å². The predicted octanol–water partition coefficient (Wildman–Crippen LogP) is 3.19. The van der Waals surface area contributed by atoms with Gasteiger partial charge >= 0.3 is 0 Å². The summed E-state index contributed by atoms with van der Waals surface area (Å²) in [4.78, 5) is 16.2. The van der Waals surface area contributed by atoms with E-state index < -0.39 is 0 Å². The first kappa shape index (κ1) is 13.6. The molecule has 1 aliphatic heterocycles. The quantitative estimate of drug-likeness (QED) is 0.873. The van der Waals surface area contributed by atoms with E-state index >= 15 is 0 Å². The number of benzene rings is 2. The standard InChI is InChI=1S/C17H12N2OS/c18-11-13-8-6-12(7-9-13)10-15-16(20)19-17(21-15)14-4-2-1-3-5-14/h1-9,15H,10H2. The summed E-state index contributed by atoms with van der Waals surface area (Å²) in [6, 6.07) is 19.2. The van der Waals surface area contributed by atoms with Gasteiger partial charge in [0.25, 0.3) is 5.91 Å². The molecule has 2 aromatic rings. The van der Waals surface area contributed by atoms with Crippen molar-refractivity contribution in [1.29, 1.82) is 5.26 Å². The molecule has 2 aromatic carbocycles. The Bertz CT molecular complexity index is 730. The van der Waals surface area contributed by atoms with Crippen LogP contribution in [-0.4, -0.2) is 16.2 Å². The van der Waals surface area contributed by atoms with Crippen molar-refractivity contribution in [2.24, 2.45) is 4.99 Å². The lowest BCUT2D eigenvalue weighted by Crippen LogP contribution is -2.13. The summed E-state index contributed by atoms with van der Waals surface area (Å²) >= 11 is 1.51. The SMILES string of the molecule is N#Cc1ccc(CC2SC(c3ccccc3)=NC2=O)cc1. The minimum atomic E-state index is -0.173. The molecule has 102 valence electrons.